The summed E-state index contributed by atoms with van der Waals surface area (Å²) in [7, 11) is 3.05. The molecular weight excluding hydrogens is 374 g/mol. The van der Waals surface area contributed by atoms with Crippen molar-refractivity contribution < 1.29 is 28.9 Å². The van der Waals surface area contributed by atoms with Crippen molar-refractivity contribution in [3.63, 3.8) is 0 Å². The van der Waals surface area contributed by atoms with Gasteiger partial charge in [0.05, 0.1) is 33.3 Å². The van der Waals surface area contributed by atoms with Gasteiger partial charge in [0.15, 0.2) is 11.5 Å². The van der Waals surface area contributed by atoms with Gasteiger partial charge in [-0.1, -0.05) is 25.1 Å². The smallest absolute Gasteiger partial charge is 0.224 e. The topological polar surface area (TPSA) is 96.9 Å². The van der Waals surface area contributed by atoms with Crippen molar-refractivity contribution in [3.8, 4) is 17.2 Å². The lowest BCUT2D eigenvalue weighted by Gasteiger charge is -2.20. The Morgan fingerprint density at radius 3 is 2.31 bits per heavy atom. The number of carbonyl (C=O) groups excluding carboxylic acids is 2. The zero-order chi connectivity index (χ0) is 21.2. The molecule has 1 amide bonds. The normalized spacial score (nSPS) is 11.4. The molecule has 0 heterocycles. The van der Waals surface area contributed by atoms with Crippen molar-refractivity contribution in [1.29, 1.82) is 0 Å². The average molecular weight is 400 g/mol. The third-order valence-corrected chi connectivity index (χ3v) is 4.27. The zero-order valence-corrected chi connectivity index (χ0v) is 16.9. The minimum atomic E-state index is -1.24. The number of benzene rings is 2. The summed E-state index contributed by atoms with van der Waals surface area (Å²) < 4.78 is 16.0. The molecule has 0 aliphatic carbocycles. The van der Waals surface area contributed by atoms with Crippen LogP contribution in [-0.4, -0.2) is 32.7 Å². The van der Waals surface area contributed by atoms with E-state index in [9.17, 15) is 14.7 Å². The van der Waals surface area contributed by atoms with E-state index in [1.165, 1.54) is 14.2 Å². The van der Waals surface area contributed by atoms with Crippen molar-refractivity contribution in [3.05, 3.63) is 53.6 Å². The second kappa shape index (κ2) is 10.9. The number of nitrogens with one attached hydrogen (secondary N) is 1. The Balaban J connectivity index is 2.09. The van der Waals surface area contributed by atoms with E-state index in [-0.39, 0.29) is 18.7 Å². The summed E-state index contributed by atoms with van der Waals surface area (Å²) in [6.45, 7) is 2.61. The van der Waals surface area contributed by atoms with E-state index >= 15 is 0 Å². The molecule has 2 aromatic carbocycles. The summed E-state index contributed by atoms with van der Waals surface area (Å²) in [6.07, 6.45) is 0.635. The van der Waals surface area contributed by atoms with Gasteiger partial charge >= 0.3 is 0 Å². The van der Waals surface area contributed by atoms with Gasteiger partial charge in [-0.3, -0.25) is 4.79 Å². The molecule has 0 fully saturated rings. The van der Waals surface area contributed by atoms with Crippen LogP contribution in [0.25, 0.3) is 0 Å². The highest BCUT2D eigenvalue weighted by Gasteiger charge is 2.16. The largest absolute Gasteiger partial charge is 0.550 e. The second-order valence-electron chi connectivity index (χ2n) is 6.48. The summed E-state index contributed by atoms with van der Waals surface area (Å²) in [4.78, 5) is 23.7. The van der Waals surface area contributed by atoms with E-state index in [0.717, 1.165) is 12.0 Å². The Morgan fingerprint density at radius 1 is 1.03 bits per heavy atom. The van der Waals surface area contributed by atoms with Crippen molar-refractivity contribution >= 4 is 11.9 Å². The minimum Gasteiger partial charge on any atom is -0.550 e. The molecule has 0 radical (unpaired) electrons. The van der Waals surface area contributed by atoms with Gasteiger partial charge in [-0.15, -0.1) is 0 Å². The van der Waals surface area contributed by atoms with Gasteiger partial charge in [0.2, 0.25) is 5.91 Å². The zero-order valence-electron chi connectivity index (χ0n) is 16.9. The third-order valence-electron chi connectivity index (χ3n) is 4.27. The number of hydrogen-bond donors (Lipinski definition) is 1. The van der Waals surface area contributed by atoms with Crippen LogP contribution in [0.3, 0.4) is 0 Å². The highest BCUT2D eigenvalue weighted by Crippen LogP contribution is 2.28. The molecule has 2 rings (SSSR count). The predicted molar refractivity (Wildman–Crippen MR) is 106 cm³/mol. The van der Waals surface area contributed by atoms with Crippen molar-refractivity contribution in [1.82, 2.24) is 5.32 Å². The molecule has 156 valence electrons. The predicted octanol–water partition coefficient (Wildman–Crippen LogP) is 2.03. The molecule has 0 aliphatic rings. The Morgan fingerprint density at radius 2 is 1.72 bits per heavy atom. The van der Waals surface area contributed by atoms with Crippen LogP contribution < -0.4 is 24.6 Å². The lowest BCUT2D eigenvalue weighted by atomic mass is 10.0. The van der Waals surface area contributed by atoms with Gasteiger partial charge in [-0.05, 0) is 41.8 Å². The third kappa shape index (κ3) is 6.71. The van der Waals surface area contributed by atoms with E-state index < -0.39 is 12.0 Å². The van der Waals surface area contributed by atoms with E-state index in [0.29, 0.717) is 29.4 Å². The van der Waals surface area contributed by atoms with Crippen LogP contribution in [-0.2, 0) is 16.0 Å². The molecule has 1 N–H and O–H groups in total. The molecule has 0 aromatic heterocycles. The first-order chi connectivity index (χ1) is 14.0. The average Bonchev–Trinajstić information content (AvgIpc) is 2.71. The Bertz CT molecular complexity index is 819. The van der Waals surface area contributed by atoms with Crippen molar-refractivity contribution in [2.75, 3.05) is 20.8 Å². The van der Waals surface area contributed by atoms with Gasteiger partial charge in [0, 0.05) is 12.4 Å². The van der Waals surface area contributed by atoms with Crippen molar-refractivity contribution in [2.45, 2.75) is 32.2 Å². The number of ether oxygens (including phenoxy) is 3. The fourth-order valence-corrected chi connectivity index (χ4v) is 2.86. The molecule has 0 aliphatic heterocycles. The van der Waals surface area contributed by atoms with Crippen molar-refractivity contribution in [2.24, 2.45) is 0 Å². The van der Waals surface area contributed by atoms with Crippen LogP contribution in [0.4, 0.5) is 0 Å². The first kappa shape index (κ1) is 22.1. The molecule has 0 saturated heterocycles. The Labute approximate surface area is 170 Å². The fourth-order valence-electron chi connectivity index (χ4n) is 2.86. The van der Waals surface area contributed by atoms with Crippen LogP contribution in [0, 0.1) is 0 Å². The summed E-state index contributed by atoms with van der Waals surface area (Å²) in [5.74, 6) is 0.227. The summed E-state index contributed by atoms with van der Waals surface area (Å²) in [6, 6.07) is 11.5. The van der Waals surface area contributed by atoms with Gasteiger partial charge in [0.25, 0.3) is 0 Å². The molecule has 7 heteroatoms. The summed E-state index contributed by atoms with van der Waals surface area (Å²) >= 11 is 0. The number of amides is 1. The number of carboxylic acids is 1. The Kier molecular flexibility index (Phi) is 8.33. The maximum atomic E-state index is 12.5. The van der Waals surface area contributed by atoms with Gasteiger partial charge in [-0.25, -0.2) is 0 Å². The number of hydrogen-bond acceptors (Lipinski definition) is 6. The highest BCUT2D eigenvalue weighted by molar-refractivity contribution is 5.80. The van der Waals surface area contributed by atoms with Gasteiger partial charge in [0.1, 0.15) is 5.75 Å². The SMILES string of the molecule is CCCOc1ccc([C@@H](CC(=O)[O-])NC(=O)Cc2ccc(OC)c(OC)c2)cc1. The number of aliphatic carboxylic acids is 1. The second-order valence-corrected chi connectivity index (χ2v) is 6.48. The molecule has 0 unspecified atom stereocenters. The highest BCUT2D eigenvalue weighted by atomic mass is 16.5. The fraction of sp³-hybridized carbons (Fsp3) is 0.364. The minimum absolute atomic E-state index is 0.0710. The number of carboxylic acid groups (broad SMARTS) is 1. The number of rotatable bonds is 11. The van der Waals surface area contributed by atoms with Gasteiger partial charge in [-0.2, -0.15) is 0 Å². The molecule has 2 aromatic rings. The van der Waals surface area contributed by atoms with Gasteiger partial charge < -0.3 is 29.4 Å². The van der Waals surface area contributed by atoms with E-state index in [1.54, 1.807) is 42.5 Å². The summed E-state index contributed by atoms with van der Waals surface area (Å²) in [5.41, 5.74) is 1.38. The van der Waals surface area contributed by atoms with Crippen LogP contribution in [0.15, 0.2) is 42.5 Å². The molecule has 1 atom stereocenters. The maximum Gasteiger partial charge on any atom is 0.224 e. The van der Waals surface area contributed by atoms with E-state index in [2.05, 4.69) is 5.32 Å². The standard InChI is InChI=1S/C22H27NO6/c1-4-11-29-17-8-6-16(7-9-17)18(14-22(25)26)23-21(24)13-15-5-10-19(27-2)20(12-15)28-3/h5-10,12,18H,4,11,13-14H2,1-3H3,(H,23,24)(H,25,26)/p-1/t18-/m1/s1. The molecule has 0 spiro atoms. The molecule has 0 saturated carbocycles. The van der Waals surface area contributed by atoms with Crippen LogP contribution in [0.5, 0.6) is 17.2 Å². The quantitative estimate of drug-likeness (QED) is 0.620. The van der Waals surface area contributed by atoms with E-state index in [1.807, 2.05) is 6.92 Å². The summed E-state index contributed by atoms with van der Waals surface area (Å²) in [5, 5.41) is 13.9. The molecule has 29 heavy (non-hydrogen) atoms. The van der Waals surface area contributed by atoms with E-state index in [4.69, 9.17) is 14.2 Å². The Hall–Kier alpha value is -3.22. The monoisotopic (exact) mass is 400 g/mol. The molecule has 0 bridgehead atoms. The first-order valence-corrected chi connectivity index (χ1v) is 9.39. The number of methoxy groups -OCH3 is 2. The lowest BCUT2D eigenvalue weighted by molar-refractivity contribution is -0.306. The first-order valence-electron chi connectivity index (χ1n) is 9.39. The lowest BCUT2D eigenvalue weighted by Crippen LogP contribution is -2.35. The molecule has 7 nitrogen and oxygen atoms in total. The maximum absolute atomic E-state index is 12.5. The number of carbonyl (C=O) groups is 2. The molecular formula is C22H26NO6-. The van der Waals surface area contributed by atoms with Crippen LogP contribution in [0.1, 0.15) is 36.9 Å². The van der Waals surface area contributed by atoms with Crippen LogP contribution in [0.2, 0.25) is 0 Å². The van der Waals surface area contributed by atoms with Crippen LogP contribution >= 0.6 is 0 Å².